The quantitative estimate of drug-likeness (QED) is 0.556. The molecule has 0 aliphatic carbocycles. The van der Waals surface area contributed by atoms with Gasteiger partial charge in [-0.1, -0.05) is 69.4 Å². The molecular weight excluding hydrogens is 368 g/mol. The lowest BCUT2D eigenvalue weighted by Crippen LogP contribution is -2.52. The molecule has 0 N–H and O–H groups in total. The van der Waals surface area contributed by atoms with Crippen LogP contribution in [0, 0.1) is 0 Å². The highest BCUT2D eigenvalue weighted by Crippen LogP contribution is 2.45. The molecule has 2 aliphatic rings. The van der Waals surface area contributed by atoms with Gasteiger partial charge in [-0.15, -0.1) is 11.8 Å². The number of thioether (sulfide) groups is 1. The molecule has 3 rings (SSSR count). The third kappa shape index (κ3) is 5.31. The number of rotatable bonds is 9. The van der Waals surface area contributed by atoms with Crippen molar-refractivity contribution in [3.63, 3.8) is 0 Å². The van der Waals surface area contributed by atoms with Crippen LogP contribution >= 0.6 is 11.8 Å². The molecule has 2 saturated heterocycles. The van der Waals surface area contributed by atoms with Crippen LogP contribution in [0.1, 0.15) is 70.3 Å². The summed E-state index contributed by atoms with van der Waals surface area (Å²) < 4.78 is 0. The zero-order valence-corrected chi connectivity index (χ0v) is 18.0. The minimum absolute atomic E-state index is 0.121. The monoisotopic (exact) mass is 402 g/mol. The highest BCUT2D eigenvalue weighted by molar-refractivity contribution is 8.01. The second-order valence-corrected chi connectivity index (χ2v) is 9.44. The molecule has 4 nitrogen and oxygen atoms in total. The summed E-state index contributed by atoms with van der Waals surface area (Å²) in [5, 5.41) is 0. The molecule has 0 atom stereocenters. The van der Waals surface area contributed by atoms with Gasteiger partial charge in [-0.3, -0.25) is 9.59 Å². The van der Waals surface area contributed by atoms with Crippen LogP contribution in [0.4, 0.5) is 0 Å². The Kier molecular flexibility index (Phi) is 7.83. The number of hydrogen-bond donors (Lipinski definition) is 0. The maximum absolute atomic E-state index is 12.6. The third-order valence-electron chi connectivity index (χ3n) is 6.08. The Balaban J connectivity index is 1.47. The molecular formula is C23H34N2O2S. The van der Waals surface area contributed by atoms with Crippen molar-refractivity contribution in [3.05, 3.63) is 35.9 Å². The molecule has 2 heterocycles. The Hall–Kier alpha value is -1.49. The molecule has 0 unspecified atom stereocenters. The standard InChI is InChI=1S/C23H34N2O2S/c1-2-3-4-5-6-10-13-21(26)24-16-14-23(15-17-24)25(22(27)19-28-23)18-20-11-8-7-9-12-20/h7-9,11-12H,2-6,10,13-19H2,1H3. The lowest BCUT2D eigenvalue weighted by molar-refractivity contribution is -0.135. The maximum atomic E-state index is 12.6. The van der Waals surface area contributed by atoms with Crippen molar-refractivity contribution < 1.29 is 9.59 Å². The Morgan fingerprint density at radius 3 is 2.43 bits per heavy atom. The fourth-order valence-corrected chi connectivity index (χ4v) is 5.65. The van der Waals surface area contributed by atoms with Crippen molar-refractivity contribution in [3.8, 4) is 0 Å². The van der Waals surface area contributed by atoms with Crippen LogP contribution in [0.3, 0.4) is 0 Å². The summed E-state index contributed by atoms with van der Waals surface area (Å²) in [6.07, 6.45) is 9.73. The van der Waals surface area contributed by atoms with Crippen molar-refractivity contribution in [2.75, 3.05) is 18.8 Å². The van der Waals surface area contributed by atoms with E-state index in [-0.39, 0.29) is 10.8 Å². The van der Waals surface area contributed by atoms with Crippen molar-refractivity contribution in [1.82, 2.24) is 9.80 Å². The summed E-state index contributed by atoms with van der Waals surface area (Å²) in [4.78, 5) is 29.1. The summed E-state index contributed by atoms with van der Waals surface area (Å²) in [5.41, 5.74) is 1.18. The predicted octanol–water partition coefficient (Wildman–Crippen LogP) is 4.83. The van der Waals surface area contributed by atoms with E-state index >= 15 is 0 Å². The summed E-state index contributed by atoms with van der Waals surface area (Å²) in [5.74, 6) is 1.11. The molecule has 2 amide bonds. The SMILES string of the molecule is CCCCCCCCC(=O)N1CCC2(CC1)SCC(=O)N2Cc1ccccc1. The Labute approximate surface area is 174 Å². The van der Waals surface area contributed by atoms with Gasteiger partial charge in [0.15, 0.2) is 0 Å². The molecule has 154 valence electrons. The summed E-state index contributed by atoms with van der Waals surface area (Å²) >= 11 is 1.78. The third-order valence-corrected chi connectivity index (χ3v) is 7.64. The molecule has 0 bridgehead atoms. The molecule has 5 heteroatoms. The first-order valence-corrected chi connectivity index (χ1v) is 11.9. The number of nitrogens with zero attached hydrogens (tertiary/aromatic N) is 2. The molecule has 2 fully saturated rings. The van der Waals surface area contributed by atoms with Gasteiger partial charge in [0.1, 0.15) is 0 Å². The van der Waals surface area contributed by atoms with E-state index in [1.54, 1.807) is 11.8 Å². The molecule has 0 radical (unpaired) electrons. The molecule has 0 aromatic heterocycles. The molecule has 1 spiro atoms. The molecule has 28 heavy (non-hydrogen) atoms. The molecule has 0 saturated carbocycles. The fraction of sp³-hybridized carbons (Fsp3) is 0.652. The number of hydrogen-bond acceptors (Lipinski definition) is 3. The molecule has 1 aromatic rings. The maximum Gasteiger partial charge on any atom is 0.234 e. The normalized spacial score (nSPS) is 18.8. The number of likely N-dealkylation sites (tertiary alicyclic amines) is 1. The lowest BCUT2D eigenvalue weighted by Gasteiger charge is -2.44. The highest BCUT2D eigenvalue weighted by atomic mass is 32.2. The number of carbonyl (C=O) groups is 2. The van der Waals surface area contributed by atoms with E-state index in [4.69, 9.17) is 0 Å². The lowest BCUT2D eigenvalue weighted by atomic mass is 10.0. The number of carbonyl (C=O) groups excluding carboxylic acids is 2. The van der Waals surface area contributed by atoms with Gasteiger partial charge >= 0.3 is 0 Å². The number of piperidine rings is 1. The number of unbranched alkanes of at least 4 members (excludes halogenated alkanes) is 5. The fourth-order valence-electron chi connectivity index (χ4n) is 4.31. The van der Waals surface area contributed by atoms with Crippen LogP contribution in [-0.4, -0.2) is 45.3 Å². The Bertz CT molecular complexity index is 641. The second kappa shape index (κ2) is 10.3. The van der Waals surface area contributed by atoms with Crippen LogP contribution in [0.2, 0.25) is 0 Å². The topological polar surface area (TPSA) is 40.6 Å². The van der Waals surface area contributed by atoms with Gasteiger partial charge in [0.25, 0.3) is 0 Å². The zero-order valence-electron chi connectivity index (χ0n) is 17.2. The largest absolute Gasteiger partial charge is 0.342 e. The van der Waals surface area contributed by atoms with E-state index in [1.165, 1.54) is 37.7 Å². The van der Waals surface area contributed by atoms with Gasteiger partial charge in [-0.25, -0.2) is 0 Å². The minimum Gasteiger partial charge on any atom is -0.342 e. The van der Waals surface area contributed by atoms with Gasteiger partial charge in [0.05, 0.1) is 10.6 Å². The van der Waals surface area contributed by atoms with Gasteiger partial charge in [-0.05, 0) is 24.8 Å². The van der Waals surface area contributed by atoms with Crippen LogP contribution < -0.4 is 0 Å². The van der Waals surface area contributed by atoms with E-state index < -0.39 is 0 Å². The molecule has 2 aliphatic heterocycles. The first-order chi connectivity index (χ1) is 13.6. The minimum atomic E-state index is -0.121. The van der Waals surface area contributed by atoms with Crippen LogP contribution in [0.5, 0.6) is 0 Å². The summed E-state index contributed by atoms with van der Waals surface area (Å²) in [6, 6.07) is 10.2. The van der Waals surface area contributed by atoms with Gasteiger partial charge in [-0.2, -0.15) is 0 Å². The van der Waals surface area contributed by atoms with E-state index in [0.29, 0.717) is 24.6 Å². The van der Waals surface area contributed by atoms with Gasteiger partial charge in [0, 0.05) is 26.1 Å². The van der Waals surface area contributed by atoms with Crippen LogP contribution in [-0.2, 0) is 16.1 Å². The van der Waals surface area contributed by atoms with Gasteiger partial charge in [0.2, 0.25) is 11.8 Å². The average Bonchev–Trinajstić information content (AvgIpc) is 3.01. The van der Waals surface area contributed by atoms with Crippen LogP contribution in [0.15, 0.2) is 30.3 Å². The first kappa shape index (κ1) is 21.2. The smallest absolute Gasteiger partial charge is 0.234 e. The van der Waals surface area contributed by atoms with Gasteiger partial charge < -0.3 is 9.80 Å². The van der Waals surface area contributed by atoms with Crippen molar-refractivity contribution in [1.29, 1.82) is 0 Å². The van der Waals surface area contributed by atoms with Crippen molar-refractivity contribution >= 4 is 23.6 Å². The van der Waals surface area contributed by atoms with E-state index in [1.807, 2.05) is 23.1 Å². The summed E-state index contributed by atoms with van der Waals surface area (Å²) in [7, 11) is 0. The van der Waals surface area contributed by atoms with E-state index in [2.05, 4.69) is 24.0 Å². The zero-order chi connectivity index (χ0) is 19.8. The Morgan fingerprint density at radius 1 is 1.04 bits per heavy atom. The van der Waals surface area contributed by atoms with E-state index in [9.17, 15) is 9.59 Å². The van der Waals surface area contributed by atoms with Crippen LogP contribution in [0.25, 0.3) is 0 Å². The Morgan fingerprint density at radius 2 is 1.71 bits per heavy atom. The van der Waals surface area contributed by atoms with Crippen molar-refractivity contribution in [2.24, 2.45) is 0 Å². The first-order valence-electron chi connectivity index (χ1n) is 10.9. The average molecular weight is 403 g/mol. The number of amides is 2. The van der Waals surface area contributed by atoms with Crippen molar-refractivity contribution in [2.45, 2.75) is 76.1 Å². The highest BCUT2D eigenvalue weighted by Gasteiger charge is 2.48. The van der Waals surface area contributed by atoms with E-state index in [0.717, 1.165) is 32.4 Å². The predicted molar refractivity (Wildman–Crippen MR) is 116 cm³/mol. The number of benzene rings is 1. The summed E-state index contributed by atoms with van der Waals surface area (Å²) in [6.45, 7) is 4.46. The molecule has 1 aromatic carbocycles. The second-order valence-electron chi connectivity index (χ2n) is 8.10.